The van der Waals surface area contributed by atoms with Crippen molar-refractivity contribution < 1.29 is 9.59 Å². The summed E-state index contributed by atoms with van der Waals surface area (Å²) in [4.78, 5) is 30.7. The van der Waals surface area contributed by atoms with Crippen LogP contribution >= 0.6 is 22.7 Å². The molecule has 1 N–H and O–H groups in total. The fraction of sp³-hybridized carbons (Fsp3) is 0.154. The summed E-state index contributed by atoms with van der Waals surface area (Å²) in [5.41, 5.74) is 3.52. The summed E-state index contributed by atoms with van der Waals surface area (Å²) < 4.78 is 0. The van der Waals surface area contributed by atoms with Crippen LogP contribution in [0.25, 0.3) is 0 Å². The molecule has 32 heavy (non-hydrogen) atoms. The van der Waals surface area contributed by atoms with Gasteiger partial charge in [-0.1, -0.05) is 60.2 Å². The Morgan fingerprint density at radius 3 is 2.25 bits per heavy atom. The number of benzene rings is 2. The van der Waals surface area contributed by atoms with Gasteiger partial charge in [0.25, 0.3) is 5.91 Å². The lowest BCUT2D eigenvalue weighted by Gasteiger charge is -2.32. The van der Waals surface area contributed by atoms with Crippen LogP contribution in [0.15, 0.2) is 83.6 Å². The van der Waals surface area contributed by atoms with Crippen molar-refractivity contribution in [2.45, 2.75) is 26.4 Å². The molecule has 2 aromatic carbocycles. The zero-order valence-corrected chi connectivity index (χ0v) is 19.6. The largest absolute Gasteiger partial charge is 0.349 e. The number of nitrogens with one attached hydrogen (secondary N) is 1. The summed E-state index contributed by atoms with van der Waals surface area (Å²) >= 11 is 2.97. The molecule has 1 atom stereocenters. The van der Waals surface area contributed by atoms with Crippen molar-refractivity contribution in [3.8, 4) is 0 Å². The summed E-state index contributed by atoms with van der Waals surface area (Å²) in [7, 11) is 0. The normalized spacial score (nSPS) is 11.7. The van der Waals surface area contributed by atoms with E-state index in [1.165, 1.54) is 11.3 Å². The number of anilines is 1. The van der Waals surface area contributed by atoms with Gasteiger partial charge in [-0.25, -0.2) is 0 Å². The van der Waals surface area contributed by atoms with Gasteiger partial charge in [0.15, 0.2) is 0 Å². The van der Waals surface area contributed by atoms with E-state index in [4.69, 9.17) is 0 Å². The van der Waals surface area contributed by atoms with Gasteiger partial charge in [0.1, 0.15) is 6.04 Å². The number of carbonyl (C=O) groups is 2. The Morgan fingerprint density at radius 1 is 0.875 bits per heavy atom. The topological polar surface area (TPSA) is 49.4 Å². The van der Waals surface area contributed by atoms with Gasteiger partial charge < -0.3 is 5.32 Å². The summed E-state index contributed by atoms with van der Waals surface area (Å²) in [6.45, 7) is 4.39. The van der Waals surface area contributed by atoms with Crippen LogP contribution in [0, 0.1) is 13.8 Å². The summed E-state index contributed by atoms with van der Waals surface area (Å²) in [6.07, 6.45) is 0. The lowest BCUT2D eigenvalue weighted by atomic mass is 10.0. The number of para-hydroxylation sites is 1. The van der Waals surface area contributed by atoms with E-state index >= 15 is 0 Å². The molecule has 0 aliphatic heterocycles. The molecule has 0 saturated heterocycles. The first-order valence-electron chi connectivity index (χ1n) is 10.3. The average Bonchev–Trinajstić information content (AvgIpc) is 3.51. The number of hydrogen-bond acceptors (Lipinski definition) is 4. The van der Waals surface area contributed by atoms with Gasteiger partial charge in [0.05, 0.1) is 11.4 Å². The third-order valence-corrected chi connectivity index (χ3v) is 6.98. The fourth-order valence-electron chi connectivity index (χ4n) is 3.57. The molecule has 2 amide bonds. The molecule has 0 unspecified atom stereocenters. The maximum absolute atomic E-state index is 13.7. The van der Waals surface area contributed by atoms with E-state index in [0.29, 0.717) is 11.4 Å². The zero-order valence-electron chi connectivity index (χ0n) is 17.9. The van der Waals surface area contributed by atoms with E-state index in [9.17, 15) is 9.59 Å². The fourth-order valence-corrected chi connectivity index (χ4v) is 4.87. The first-order chi connectivity index (χ1) is 15.5. The van der Waals surface area contributed by atoms with E-state index in [1.54, 1.807) is 22.3 Å². The van der Waals surface area contributed by atoms with E-state index in [2.05, 4.69) is 5.32 Å². The SMILES string of the molecule is Cc1ccc([C@@H](C(=O)NCc2cccs2)N(C(=O)c2cccs2)c2ccccc2C)cc1. The molecule has 0 bridgehead atoms. The predicted octanol–water partition coefficient (Wildman–Crippen LogP) is 6.13. The Morgan fingerprint density at radius 2 is 1.59 bits per heavy atom. The Bertz CT molecular complexity index is 1180. The summed E-state index contributed by atoms with van der Waals surface area (Å²) in [5, 5.41) is 6.91. The van der Waals surface area contributed by atoms with Crippen molar-refractivity contribution in [1.82, 2.24) is 5.32 Å². The second kappa shape index (κ2) is 9.94. The Kier molecular flexibility index (Phi) is 6.83. The van der Waals surface area contributed by atoms with Crippen LogP contribution in [0.3, 0.4) is 0 Å². The summed E-state index contributed by atoms with van der Waals surface area (Å²) in [5.74, 6) is -0.401. The molecule has 0 aliphatic carbocycles. The first kappa shape index (κ1) is 22.0. The Hall–Kier alpha value is -3.22. The molecule has 0 saturated carbocycles. The van der Waals surface area contributed by atoms with E-state index in [-0.39, 0.29) is 11.8 Å². The van der Waals surface area contributed by atoms with Gasteiger partial charge in [-0.2, -0.15) is 0 Å². The highest BCUT2D eigenvalue weighted by molar-refractivity contribution is 7.12. The molecule has 162 valence electrons. The highest BCUT2D eigenvalue weighted by atomic mass is 32.1. The minimum Gasteiger partial charge on any atom is -0.349 e. The van der Waals surface area contributed by atoms with Crippen LogP contribution in [0.5, 0.6) is 0 Å². The Labute approximate surface area is 196 Å². The maximum atomic E-state index is 13.7. The van der Waals surface area contributed by atoms with Crippen molar-refractivity contribution >= 4 is 40.2 Å². The molecule has 6 heteroatoms. The molecule has 4 rings (SSSR count). The van der Waals surface area contributed by atoms with Gasteiger partial charge in [-0.15, -0.1) is 22.7 Å². The molecule has 0 radical (unpaired) electrons. The van der Waals surface area contributed by atoms with Gasteiger partial charge in [0, 0.05) is 10.6 Å². The molecule has 2 aromatic heterocycles. The van der Waals surface area contributed by atoms with Crippen LogP contribution in [-0.2, 0) is 11.3 Å². The number of thiophene rings is 2. The lowest BCUT2D eigenvalue weighted by molar-refractivity contribution is -0.122. The maximum Gasteiger partial charge on any atom is 0.269 e. The molecule has 4 nitrogen and oxygen atoms in total. The van der Waals surface area contributed by atoms with Gasteiger partial charge in [-0.3, -0.25) is 14.5 Å². The van der Waals surface area contributed by atoms with Crippen molar-refractivity contribution in [1.29, 1.82) is 0 Å². The van der Waals surface area contributed by atoms with E-state index in [0.717, 1.165) is 27.3 Å². The van der Waals surface area contributed by atoms with Crippen LogP contribution in [0.1, 0.15) is 37.3 Å². The molecule has 4 aromatic rings. The molecule has 0 fully saturated rings. The highest BCUT2D eigenvalue weighted by Crippen LogP contribution is 2.33. The number of rotatable bonds is 7. The molecule has 0 spiro atoms. The third kappa shape index (κ3) is 4.82. The van der Waals surface area contributed by atoms with Crippen molar-refractivity contribution in [3.63, 3.8) is 0 Å². The number of carbonyl (C=O) groups excluding carboxylic acids is 2. The minimum absolute atomic E-state index is 0.189. The number of aryl methyl sites for hydroxylation is 2. The number of amides is 2. The summed E-state index contributed by atoms with van der Waals surface area (Å²) in [6, 6.07) is 22.3. The standard InChI is InChI=1S/C26H24N2O2S2/c1-18-11-13-20(14-12-18)24(25(29)27-17-21-8-5-15-31-21)28(22-9-4-3-7-19(22)2)26(30)23-10-6-16-32-23/h3-16,24H,17H2,1-2H3,(H,27,29)/t24-/m0/s1. The third-order valence-electron chi connectivity index (χ3n) is 5.24. The van der Waals surface area contributed by atoms with Crippen LogP contribution < -0.4 is 10.2 Å². The second-order valence-electron chi connectivity index (χ2n) is 7.55. The van der Waals surface area contributed by atoms with E-state index in [1.807, 2.05) is 91.3 Å². The molecule has 0 aliphatic rings. The van der Waals surface area contributed by atoms with Gasteiger partial charge in [0.2, 0.25) is 5.91 Å². The minimum atomic E-state index is -0.800. The van der Waals surface area contributed by atoms with Crippen molar-refractivity contribution in [2.75, 3.05) is 4.90 Å². The quantitative estimate of drug-likeness (QED) is 0.361. The zero-order chi connectivity index (χ0) is 22.5. The van der Waals surface area contributed by atoms with Gasteiger partial charge in [-0.05, 0) is 53.9 Å². The number of hydrogen-bond donors (Lipinski definition) is 1. The Balaban J connectivity index is 1.80. The monoisotopic (exact) mass is 460 g/mol. The van der Waals surface area contributed by atoms with Crippen molar-refractivity contribution in [2.24, 2.45) is 0 Å². The predicted molar refractivity (Wildman–Crippen MR) is 132 cm³/mol. The lowest BCUT2D eigenvalue weighted by Crippen LogP contribution is -2.44. The van der Waals surface area contributed by atoms with Crippen LogP contribution in [0.2, 0.25) is 0 Å². The highest BCUT2D eigenvalue weighted by Gasteiger charge is 2.34. The molecule has 2 heterocycles. The van der Waals surface area contributed by atoms with E-state index < -0.39 is 6.04 Å². The molecular formula is C26H24N2O2S2. The van der Waals surface area contributed by atoms with Crippen LogP contribution in [-0.4, -0.2) is 11.8 Å². The van der Waals surface area contributed by atoms with Crippen molar-refractivity contribution in [3.05, 3.63) is 110 Å². The average molecular weight is 461 g/mol. The molecular weight excluding hydrogens is 436 g/mol. The smallest absolute Gasteiger partial charge is 0.269 e. The first-order valence-corrected chi connectivity index (χ1v) is 12.1. The second-order valence-corrected chi connectivity index (χ2v) is 9.53. The van der Waals surface area contributed by atoms with Crippen LogP contribution in [0.4, 0.5) is 5.69 Å². The van der Waals surface area contributed by atoms with Gasteiger partial charge >= 0.3 is 0 Å². The number of nitrogens with zero attached hydrogens (tertiary/aromatic N) is 1.